The Morgan fingerprint density at radius 2 is 1.97 bits per heavy atom. The molecule has 10 nitrogen and oxygen atoms in total. The van der Waals surface area contributed by atoms with Crippen LogP contribution in [0.5, 0.6) is 0 Å². The molecule has 0 saturated heterocycles. The van der Waals surface area contributed by atoms with Gasteiger partial charge >= 0.3 is 6.18 Å². The highest BCUT2D eigenvalue weighted by molar-refractivity contribution is 5.82. The van der Waals surface area contributed by atoms with Crippen LogP contribution in [0.3, 0.4) is 0 Å². The molecule has 0 unspecified atom stereocenters. The average Bonchev–Trinajstić information content (AvgIpc) is 3.47. The first kappa shape index (κ1) is 23.9. The van der Waals surface area contributed by atoms with E-state index in [4.69, 9.17) is 4.98 Å². The lowest BCUT2D eigenvalue weighted by Gasteiger charge is -2.12. The minimum absolute atomic E-state index is 0.0834. The molecule has 0 aliphatic rings. The van der Waals surface area contributed by atoms with Gasteiger partial charge in [0.2, 0.25) is 0 Å². The SMILES string of the molecule is Cc1[nH]nc(C#N)c1-c1nc(-n2cnc3cc(Nc4ccc(C(F)(F)F)nn4)ccc32)ccc1CCO. The van der Waals surface area contributed by atoms with E-state index in [1.807, 2.05) is 6.07 Å². The van der Waals surface area contributed by atoms with E-state index >= 15 is 0 Å². The van der Waals surface area contributed by atoms with Crippen LogP contribution in [0.25, 0.3) is 28.1 Å². The maximum Gasteiger partial charge on any atom is 0.435 e. The van der Waals surface area contributed by atoms with Crippen LogP contribution in [0.1, 0.15) is 22.6 Å². The van der Waals surface area contributed by atoms with Crippen molar-refractivity contribution in [1.29, 1.82) is 5.26 Å². The van der Waals surface area contributed by atoms with Crippen molar-refractivity contribution in [2.24, 2.45) is 0 Å². The smallest absolute Gasteiger partial charge is 0.396 e. The van der Waals surface area contributed by atoms with E-state index in [0.29, 0.717) is 40.4 Å². The van der Waals surface area contributed by atoms with E-state index in [1.165, 1.54) is 6.07 Å². The number of hydrogen-bond acceptors (Lipinski definition) is 8. The van der Waals surface area contributed by atoms with Crippen LogP contribution in [0, 0.1) is 18.3 Å². The first-order valence-corrected chi connectivity index (χ1v) is 11.0. The van der Waals surface area contributed by atoms with Crippen molar-refractivity contribution in [3.05, 3.63) is 71.4 Å². The van der Waals surface area contributed by atoms with Crippen LogP contribution in [0.15, 0.2) is 48.8 Å². The number of anilines is 2. The van der Waals surface area contributed by atoms with Gasteiger partial charge in [0, 0.05) is 18.0 Å². The van der Waals surface area contributed by atoms with Crippen molar-refractivity contribution in [1.82, 2.24) is 34.9 Å². The molecule has 4 aromatic heterocycles. The number of pyridine rings is 1. The van der Waals surface area contributed by atoms with Gasteiger partial charge in [-0.2, -0.15) is 23.5 Å². The quantitative estimate of drug-likeness (QED) is 0.314. The number of halogens is 3. The second kappa shape index (κ2) is 9.32. The molecule has 5 aromatic rings. The van der Waals surface area contributed by atoms with Crippen molar-refractivity contribution in [3.8, 4) is 23.1 Å². The van der Waals surface area contributed by atoms with Crippen molar-refractivity contribution in [2.75, 3.05) is 11.9 Å². The van der Waals surface area contributed by atoms with Gasteiger partial charge in [0.25, 0.3) is 0 Å². The molecule has 0 aliphatic heterocycles. The number of aliphatic hydroxyl groups excluding tert-OH is 1. The van der Waals surface area contributed by atoms with Gasteiger partial charge in [0.1, 0.15) is 18.2 Å². The van der Waals surface area contributed by atoms with Gasteiger partial charge in [0.15, 0.2) is 17.2 Å². The molecule has 0 atom stereocenters. The lowest BCUT2D eigenvalue weighted by molar-refractivity contribution is -0.141. The first-order valence-electron chi connectivity index (χ1n) is 11.0. The normalized spacial score (nSPS) is 11.6. The zero-order valence-corrected chi connectivity index (χ0v) is 19.2. The summed E-state index contributed by atoms with van der Waals surface area (Å²) in [5.74, 6) is 0.694. The fourth-order valence-corrected chi connectivity index (χ4v) is 3.92. The van der Waals surface area contributed by atoms with Crippen molar-refractivity contribution in [3.63, 3.8) is 0 Å². The zero-order valence-electron chi connectivity index (χ0n) is 19.2. The molecule has 0 saturated carbocycles. The Hall–Kier alpha value is -4.83. The molecule has 1 aromatic carbocycles. The molecule has 4 heterocycles. The van der Waals surface area contributed by atoms with Crippen molar-refractivity contribution >= 4 is 22.5 Å². The number of nitriles is 1. The predicted octanol–water partition coefficient (Wildman–Crippen LogP) is 4.08. The summed E-state index contributed by atoms with van der Waals surface area (Å²) in [5, 5.41) is 35.6. The number of nitrogens with zero attached hydrogens (tertiary/aromatic N) is 7. The molecule has 0 bridgehead atoms. The third-order valence-corrected chi connectivity index (χ3v) is 5.66. The van der Waals surface area contributed by atoms with Crippen molar-refractivity contribution in [2.45, 2.75) is 19.5 Å². The number of imidazole rings is 1. The summed E-state index contributed by atoms with van der Waals surface area (Å²) in [6.07, 6.45) is -2.61. The molecule has 0 amide bonds. The molecule has 3 N–H and O–H groups in total. The van der Waals surface area contributed by atoms with Gasteiger partial charge in [-0.1, -0.05) is 6.07 Å². The minimum Gasteiger partial charge on any atom is -0.396 e. The summed E-state index contributed by atoms with van der Waals surface area (Å²) in [5.41, 5.74) is 3.57. The second-order valence-corrected chi connectivity index (χ2v) is 8.08. The standard InChI is InChI=1S/C24H18F3N9O/c1-13-22(17(11-28)33-32-13)23-14(8-9-37)2-7-21(31-23)36-12-29-16-10-15(3-4-18(16)36)30-20-6-5-19(34-35-20)24(25,26)27/h2-7,10,12,37H,8-9H2,1H3,(H,30,35)(H,32,33). The Morgan fingerprint density at radius 1 is 1.14 bits per heavy atom. The van der Waals surface area contributed by atoms with Gasteiger partial charge < -0.3 is 10.4 Å². The fourth-order valence-electron chi connectivity index (χ4n) is 3.92. The van der Waals surface area contributed by atoms with Gasteiger partial charge in [-0.15, -0.1) is 10.2 Å². The Labute approximate surface area is 207 Å². The monoisotopic (exact) mass is 505 g/mol. The van der Waals surface area contributed by atoms with Crippen LogP contribution >= 0.6 is 0 Å². The number of benzene rings is 1. The number of aryl methyl sites for hydroxylation is 1. The van der Waals surface area contributed by atoms with Crippen LogP contribution in [0.4, 0.5) is 24.7 Å². The van der Waals surface area contributed by atoms with Gasteiger partial charge in [0.05, 0.1) is 22.3 Å². The molecule has 186 valence electrons. The Kier molecular flexibility index (Phi) is 6.02. The number of aromatic amines is 1. The van der Waals surface area contributed by atoms with E-state index in [1.54, 1.807) is 42.1 Å². The van der Waals surface area contributed by atoms with Crippen LogP contribution in [-0.4, -0.2) is 46.6 Å². The molecule has 0 aliphatic carbocycles. The zero-order chi connectivity index (χ0) is 26.2. The van der Waals surface area contributed by atoms with Gasteiger partial charge in [-0.3, -0.25) is 9.67 Å². The lowest BCUT2D eigenvalue weighted by Crippen LogP contribution is -2.09. The highest BCUT2D eigenvalue weighted by atomic mass is 19.4. The lowest BCUT2D eigenvalue weighted by atomic mass is 10.0. The van der Waals surface area contributed by atoms with Gasteiger partial charge in [-0.25, -0.2) is 9.97 Å². The summed E-state index contributed by atoms with van der Waals surface area (Å²) in [4.78, 5) is 9.22. The Balaban J connectivity index is 1.49. The third kappa shape index (κ3) is 4.57. The topological polar surface area (TPSA) is 141 Å². The molecule has 37 heavy (non-hydrogen) atoms. The third-order valence-electron chi connectivity index (χ3n) is 5.66. The molecule has 0 fully saturated rings. The number of H-pyrrole nitrogens is 1. The Morgan fingerprint density at radius 3 is 2.68 bits per heavy atom. The average molecular weight is 505 g/mol. The van der Waals surface area contributed by atoms with E-state index < -0.39 is 11.9 Å². The molecule has 0 radical (unpaired) electrons. The molecular formula is C24H18F3N9O. The summed E-state index contributed by atoms with van der Waals surface area (Å²) < 4.78 is 39.9. The second-order valence-electron chi connectivity index (χ2n) is 8.08. The maximum atomic E-state index is 12.7. The van der Waals surface area contributed by atoms with Gasteiger partial charge in [-0.05, 0) is 55.3 Å². The van der Waals surface area contributed by atoms with E-state index in [2.05, 4.69) is 36.8 Å². The highest BCUT2D eigenvalue weighted by Crippen LogP contribution is 2.30. The maximum absolute atomic E-state index is 12.7. The molecule has 13 heteroatoms. The van der Waals surface area contributed by atoms with Crippen LogP contribution in [0.2, 0.25) is 0 Å². The number of rotatable bonds is 6. The molecule has 0 spiro atoms. The fraction of sp³-hybridized carbons (Fsp3) is 0.167. The number of aromatic nitrogens is 7. The highest BCUT2D eigenvalue weighted by Gasteiger charge is 2.32. The minimum atomic E-state index is -4.56. The number of fused-ring (bicyclic) bond motifs is 1. The van der Waals surface area contributed by atoms with Crippen LogP contribution < -0.4 is 5.32 Å². The number of hydrogen-bond donors (Lipinski definition) is 3. The molecule has 5 rings (SSSR count). The van der Waals surface area contributed by atoms with Crippen molar-refractivity contribution < 1.29 is 18.3 Å². The number of aliphatic hydroxyl groups is 1. The predicted molar refractivity (Wildman–Crippen MR) is 127 cm³/mol. The summed E-state index contributed by atoms with van der Waals surface area (Å²) in [7, 11) is 0. The molecular weight excluding hydrogens is 487 g/mol. The van der Waals surface area contributed by atoms with E-state index in [9.17, 15) is 23.5 Å². The van der Waals surface area contributed by atoms with E-state index in [-0.39, 0.29) is 18.1 Å². The Bertz CT molecular complexity index is 1630. The summed E-state index contributed by atoms with van der Waals surface area (Å²) >= 11 is 0. The number of nitrogens with one attached hydrogen (secondary N) is 2. The largest absolute Gasteiger partial charge is 0.435 e. The summed E-state index contributed by atoms with van der Waals surface area (Å²) in [6.45, 7) is 1.71. The van der Waals surface area contributed by atoms with Crippen LogP contribution in [-0.2, 0) is 12.6 Å². The summed E-state index contributed by atoms with van der Waals surface area (Å²) in [6, 6.07) is 13.0. The number of alkyl halides is 3. The van der Waals surface area contributed by atoms with E-state index in [0.717, 1.165) is 17.1 Å². The first-order chi connectivity index (χ1) is 17.8.